The third kappa shape index (κ3) is 3.59. The van der Waals surface area contributed by atoms with Crippen molar-refractivity contribution in [1.29, 1.82) is 0 Å². The molecular weight excluding hydrogens is 376 g/mol. The lowest BCUT2D eigenvalue weighted by Gasteiger charge is -2.02. The third-order valence-corrected chi connectivity index (χ3v) is 3.94. The highest BCUT2D eigenvalue weighted by Gasteiger charge is 2.17. The molecule has 0 bridgehead atoms. The Morgan fingerprint density at radius 3 is 1.91 bits per heavy atom. The number of nitrogens with zero attached hydrogens (tertiary/aromatic N) is 3. The summed E-state index contributed by atoms with van der Waals surface area (Å²) in [7, 11) is 0. The third-order valence-electron chi connectivity index (χ3n) is 2.50. The molecule has 0 unspecified atom stereocenters. The molecule has 0 heterocycles. The minimum atomic E-state index is -0.675. The van der Waals surface area contributed by atoms with E-state index >= 15 is 0 Å². The monoisotopic (exact) mass is 379 g/mol. The molecule has 0 radical (unpaired) electrons. The molecule has 0 aliphatic carbocycles. The predicted octanol–water partition coefficient (Wildman–Crippen LogP) is 6.33. The molecular formula is C12H5Cl4N3O3. The van der Waals surface area contributed by atoms with Crippen molar-refractivity contribution in [2.24, 2.45) is 10.2 Å². The van der Waals surface area contributed by atoms with Crippen LogP contribution in [0, 0.1) is 10.1 Å². The van der Waals surface area contributed by atoms with Gasteiger partial charge in [-0.3, -0.25) is 10.1 Å². The molecule has 2 aromatic rings. The first-order valence-electron chi connectivity index (χ1n) is 5.52. The smallest absolute Gasteiger partial charge is 0.298 e. The molecule has 22 heavy (non-hydrogen) atoms. The van der Waals surface area contributed by atoms with E-state index in [4.69, 9.17) is 46.4 Å². The zero-order valence-electron chi connectivity index (χ0n) is 10.4. The van der Waals surface area contributed by atoms with E-state index in [9.17, 15) is 15.2 Å². The second kappa shape index (κ2) is 6.66. The molecule has 0 saturated heterocycles. The molecule has 1 N–H and O–H groups in total. The topological polar surface area (TPSA) is 88.1 Å². The average molecular weight is 381 g/mol. The van der Waals surface area contributed by atoms with Gasteiger partial charge in [-0.15, -0.1) is 10.2 Å². The molecule has 6 nitrogen and oxygen atoms in total. The summed E-state index contributed by atoms with van der Waals surface area (Å²) in [6.07, 6.45) is 0. The van der Waals surface area contributed by atoms with Crippen LogP contribution in [0.1, 0.15) is 0 Å². The van der Waals surface area contributed by atoms with Crippen molar-refractivity contribution in [2.75, 3.05) is 0 Å². The van der Waals surface area contributed by atoms with E-state index in [2.05, 4.69) is 10.2 Å². The van der Waals surface area contributed by atoms with Gasteiger partial charge in [0.15, 0.2) is 5.69 Å². The lowest BCUT2D eigenvalue weighted by atomic mass is 10.3. The molecule has 114 valence electrons. The minimum Gasteiger partial charge on any atom is -0.506 e. The maximum atomic E-state index is 11.0. The normalized spacial score (nSPS) is 11.1. The lowest BCUT2D eigenvalue weighted by molar-refractivity contribution is -0.384. The number of hydrogen-bond donors (Lipinski definition) is 1. The molecule has 0 aliphatic heterocycles. The number of nitro groups is 1. The van der Waals surface area contributed by atoms with Crippen LogP contribution in [0.25, 0.3) is 0 Å². The number of azo groups is 1. The highest BCUT2D eigenvalue weighted by molar-refractivity contribution is 6.42. The van der Waals surface area contributed by atoms with Gasteiger partial charge in [0.1, 0.15) is 11.4 Å². The molecule has 0 saturated carbocycles. The number of hydrogen-bond acceptors (Lipinski definition) is 5. The molecule has 0 amide bonds. The quantitative estimate of drug-likeness (QED) is 0.383. The van der Waals surface area contributed by atoms with Crippen molar-refractivity contribution in [3.05, 3.63) is 54.5 Å². The van der Waals surface area contributed by atoms with E-state index in [1.807, 2.05) is 0 Å². The van der Waals surface area contributed by atoms with Gasteiger partial charge in [0.25, 0.3) is 5.69 Å². The zero-order chi connectivity index (χ0) is 16.4. The second-order valence-electron chi connectivity index (χ2n) is 3.97. The minimum absolute atomic E-state index is 0.00484. The summed E-state index contributed by atoms with van der Waals surface area (Å²) >= 11 is 23.1. The summed E-state index contributed by atoms with van der Waals surface area (Å²) in [6.45, 7) is 0. The van der Waals surface area contributed by atoms with Crippen molar-refractivity contribution in [3.8, 4) is 5.75 Å². The van der Waals surface area contributed by atoms with E-state index in [1.54, 1.807) is 0 Å². The first-order chi connectivity index (χ1) is 10.3. The van der Waals surface area contributed by atoms with Gasteiger partial charge in [-0.05, 0) is 12.1 Å². The SMILES string of the molecule is O=[N+]([O-])c1cc(Cl)c(Cl)cc1N=Nc1cc(Cl)c(Cl)cc1O. The molecule has 2 aromatic carbocycles. The van der Waals surface area contributed by atoms with Crippen LogP contribution in [0.15, 0.2) is 34.5 Å². The molecule has 2 rings (SSSR count). The number of phenols is 1. The summed E-state index contributed by atoms with van der Waals surface area (Å²) in [5.41, 5.74) is -0.502. The van der Waals surface area contributed by atoms with E-state index in [0.717, 1.165) is 6.07 Å². The van der Waals surface area contributed by atoms with Crippen LogP contribution in [0.3, 0.4) is 0 Å². The summed E-state index contributed by atoms with van der Waals surface area (Å²) in [4.78, 5) is 10.3. The van der Waals surface area contributed by atoms with Crippen LogP contribution in [-0.4, -0.2) is 10.0 Å². The number of rotatable bonds is 3. The Kier molecular flexibility index (Phi) is 5.08. The second-order valence-corrected chi connectivity index (χ2v) is 5.60. The maximum absolute atomic E-state index is 11.0. The van der Waals surface area contributed by atoms with E-state index in [0.29, 0.717) is 0 Å². The largest absolute Gasteiger partial charge is 0.506 e. The predicted molar refractivity (Wildman–Crippen MR) is 85.4 cm³/mol. The molecule has 10 heteroatoms. The van der Waals surface area contributed by atoms with Gasteiger partial charge in [0.2, 0.25) is 0 Å². The highest BCUT2D eigenvalue weighted by atomic mass is 35.5. The van der Waals surface area contributed by atoms with Crippen LogP contribution >= 0.6 is 46.4 Å². The van der Waals surface area contributed by atoms with Gasteiger partial charge in [-0.25, -0.2) is 0 Å². The van der Waals surface area contributed by atoms with Gasteiger partial charge in [0.05, 0.1) is 25.0 Å². The molecule has 0 spiro atoms. The van der Waals surface area contributed by atoms with Crippen LogP contribution in [0.4, 0.5) is 17.1 Å². The lowest BCUT2D eigenvalue weighted by Crippen LogP contribution is -1.88. The summed E-state index contributed by atoms with van der Waals surface area (Å²) in [5, 5.41) is 28.5. The molecule has 0 fully saturated rings. The Morgan fingerprint density at radius 2 is 1.32 bits per heavy atom. The number of halogens is 4. The van der Waals surface area contributed by atoms with Crippen molar-refractivity contribution in [2.45, 2.75) is 0 Å². The summed E-state index contributed by atoms with van der Waals surface area (Å²) in [5.74, 6) is -0.277. The van der Waals surface area contributed by atoms with Gasteiger partial charge in [-0.2, -0.15) is 0 Å². The van der Waals surface area contributed by atoms with Crippen LogP contribution in [0.2, 0.25) is 20.1 Å². The zero-order valence-corrected chi connectivity index (χ0v) is 13.5. The number of aromatic hydroxyl groups is 1. The summed E-state index contributed by atoms with van der Waals surface area (Å²) in [6, 6.07) is 4.71. The molecule has 0 aromatic heterocycles. The number of nitro benzene ring substituents is 1. The van der Waals surface area contributed by atoms with E-state index < -0.39 is 4.92 Å². The fourth-order valence-corrected chi connectivity index (χ4v) is 2.10. The number of phenolic OH excluding ortho intramolecular Hbond substituents is 1. The highest BCUT2D eigenvalue weighted by Crippen LogP contribution is 2.39. The number of benzene rings is 2. The summed E-state index contributed by atoms with van der Waals surface area (Å²) < 4.78 is 0. The first-order valence-corrected chi connectivity index (χ1v) is 7.04. The van der Waals surface area contributed by atoms with Crippen molar-refractivity contribution < 1.29 is 10.0 Å². The van der Waals surface area contributed by atoms with Crippen molar-refractivity contribution in [1.82, 2.24) is 0 Å². The van der Waals surface area contributed by atoms with Gasteiger partial charge in [-0.1, -0.05) is 46.4 Å². The first kappa shape index (κ1) is 16.8. The Balaban J connectivity index is 2.48. The Bertz CT molecular complexity index is 796. The Morgan fingerprint density at radius 1 is 0.864 bits per heavy atom. The standard InChI is InChI=1S/C12H5Cl4N3O3/c13-5-1-9(11(19(21)22)3-7(5)15)17-18-10-2-6(14)8(16)4-12(10)20/h1-4,20H. The van der Waals surface area contributed by atoms with Crippen LogP contribution in [-0.2, 0) is 0 Å². The van der Waals surface area contributed by atoms with Gasteiger partial charge < -0.3 is 5.11 Å². The van der Waals surface area contributed by atoms with E-state index in [1.165, 1.54) is 18.2 Å². The fourth-order valence-electron chi connectivity index (χ4n) is 1.47. The Hall–Kier alpha value is -1.60. The van der Waals surface area contributed by atoms with E-state index in [-0.39, 0.29) is 42.9 Å². The van der Waals surface area contributed by atoms with Crippen LogP contribution < -0.4 is 0 Å². The molecule has 0 atom stereocenters. The van der Waals surface area contributed by atoms with Gasteiger partial charge in [0, 0.05) is 12.1 Å². The van der Waals surface area contributed by atoms with Crippen molar-refractivity contribution >= 4 is 63.5 Å². The fraction of sp³-hybridized carbons (Fsp3) is 0. The van der Waals surface area contributed by atoms with Crippen molar-refractivity contribution in [3.63, 3.8) is 0 Å². The molecule has 0 aliphatic rings. The Labute approximate surface area is 144 Å². The van der Waals surface area contributed by atoms with Crippen LogP contribution in [0.5, 0.6) is 5.75 Å². The van der Waals surface area contributed by atoms with Gasteiger partial charge >= 0.3 is 0 Å². The average Bonchev–Trinajstić information content (AvgIpc) is 2.44. The maximum Gasteiger partial charge on any atom is 0.298 e.